The molecule has 0 aromatic carbocycles. The molecule has 3 N–H and O–H groups in total. The lowest BCUT2D eigenvalue weighted by Gasteiger charge is -2.35. The second-order valence-corrected chi connectivity index (χ2v) is 7.39. The molecule has 0 spiro atoms. The van der Waals surface area contributed by atoms with Crippen LogP contribution in [0.2, 0.25) is 0 Å². The molecule has 0 fully saturated rings. The number of carboxylic acid groups (broad SMARTS) is 1. The monoisotopic (exact) mass is 311 g/mol. The maximum atomic E-state index is 11.9. The molecule has 0 radical (unpaired) electrons. The van der Waals surface area contributed by atoms with Crippen LogP contribution in [0.15, 0.2) is 0 Å². The predicted molar refractivity (Wildman–Crippen MR) is 72.5 cm³/mol. The van der Waals surface area contributed by atoms with E-state index in [1.54, 1.807) is 21.1 Å². The van der Waals surface area contributed by atoms with Crippen molar-refractivity contribution in [3.05, 3.63) is 0 Å². The van der Waals surface area contributed by atoms with Crippen LogP contribution in [0.1, 0.15) is 13.3 Å². The highest BCUT2D eigenvalue weighted by Crippen LogP contribution is 2.24. The molecular formula is C11H23N2O6S+. The van der Waals surface area contributed by atoms with E-state index < -0.39 is 39.6 Å². The molecule has 9 heteroatoms. The van der Waals surface area contributed by atoms with Crippen molar-refractivity contribution in [2.45, 2.75) is 18.9 Å². The van der Waals surface area contributed by atoms with Crippen LogP contribution in [0.4, 0.5) is 0 Å². The summed E-state index contributed by atoms with van der Waals surface area (Å²) >= 11 is 0. The zero-order chi connectivity index (χ0) is 16.2. The molecule has 20 heavy (non-hydrogen) atoms. The minimum Gasteiger partial charge on any atom is -0.481 e. The van der Waals surface area contributed by atoms with E-state index in [1.807, 2.05) is 0 Å². The van der Waals surface area contributed by atoms with Gasteiger partial charge in [0, 0.05) is 6.54 Å². The lowest BCUT2D eigenvalue weighted by molar-refractivity contribution is -0.875. The molecule has 0 saturated heterocycles. The highest BCUT2D eigenvalue weighted by atomic mass is 32.2. The molecule has 0 saturated carbocycles. The third-order valence-electron chi connectivity index (χ3n) is 2.46. The second kappa shape index (κ2) is 6.61. The average molecular weight is 311 g/mol. The number of nitrogens with zero attached hydrogens (tertiary/aromatic N) is 1. The number of hydrogen-bond donors (Lipinski definition) is 2. The van der Waals surface area contributed by atoms with Crippen LogP contribution in [0.3, 0.4) is 0 Å². The summed E-state index contributed by atoms with van der Waals surface area (Å²) in [4.78, 5) is 22.9. The molecule has 0 aromatic rings. The Morgan fingerprint density at radius 1 is 1.30 bits per heavy atom. The largest absolute Gasteiger partial charge is 0.481 e. The minimum atomic E-state index is -4.07. The number of carbonyl (C=O) groups excluding carboxylic acids is 1. The fraction of sp³-hybridized carbons (Fsp3) is 0.818. The first-order chi connectivity index (χ1) is 8.83. The van der Waals surface area contributed by atoms with Crippen LogP contribution in [0, 0.1) is 0 Å². The zero-order valence-corrected chi connectivity index (χ0v) is 13.1. The van der Waals surface area contributed by atoms with Gasteiger partial charge in [0.2, 0.25) is 5.60 Å². The predicted octanol–water partition coefficient (Wildman–Crippen LogP) is -1.20. The van der Waals surface area contributed by atoms with Gasteiger partial charge in [-0.2, -0.15) is 8.42 Å². The maximum absolute atomic E-state index is 11.9. The Bertz CT molecular complexity index is 468. The van der Waals surface area contributed by atoms with E-state index in [0.717, 1.165) is 6.92 Å². The van der Waals surface area contributed by atoms with Gasteiger partial charge in [0.05, 0.1) is 33.3 Å². The molecule has 0 aromatic heterocycles. The zero-order valence-electron chi connectivity index (χ0n) is 12.2. The Morgan fingerprint density at radius 3 is 2.10 bits per heavy atom. The molecule has 0 unspecified atom stereocenters. The van der Waals surface area contributed by atoms with Crippen molar-refractivity contribution in [3.63, 3.8) is 0 Å². The van der Waals surface area contributed by atoms with Crippen molar-refractivity contribution < 1.29 is 31.8 Å². The van der Waals surface area contributed by atoms with E-state index in [0.29, 0.717) is 0 Å². The van der Waals surface area contributed by atoms with Crippen molar-refractivity contribution in [3.8, 4) is 0 Å². The first-order valence-electron chi connectivity index (χ1n) is 6.00. The summed E-state index contributed by atoms with van der Waals surface area (Å²) in [6.07, 6.45) is -0.721. The van der Waals surface area contributed by atoms with Gasteiger partial charge in [-0.05, 0) is 6.92 Å². The summed E-state index contributed by atoms with van der Waals surface area (Å²) in [6, 6.07) is 0. The van der Waals surface area contributed by atoms with Crippen LogP contribution < -0.4 is 5.73 Å². The Balaban J connectivity index is 5.63. The van der Waals surface area contributed by atoms with E-state index in [2.05, 4.69) is 0 Å². The lowest BCUT2D eigenvalue weighted by atomic mass is 9.94. The van der Waals surface area contributed by atoms with E-state index in [9.17, 15) is 18.0 Å². The molecule has 0 aliphatic heterocycles. The summed E-state index contributed by atoms with van der Waals surface area (Å²) in [5.41, 5.74) is 3.26. The SMILES string of the molecule is CC(=O)[C@@](CC(=O)O)(C[N+](C)(C)C)OS(=O)(=O)CCN. The van der Waals surface area contributed by atoms with E-state index in [1.165, 1.54) is 0 Å². The summed E-state index contributed by atoms with van der Waals surface area (Å²) in [7, 11) is 1.05. The van der Waals surface area contributed by atoms with Crippen LogP contribution in [0.5, 0.6) is 0 Å². The molecule has 0 aliphatic rings. The van der Waals surface area contributed by atoms with E-state index in [-0.39, 0.29) is 17.6 Å². The lowest BCUT2D eigenvalue weighted by Crippen LogP contribution is -2.56. The van der Waals surface area contributed by atoms with Crippen molar-refractivity contribution in [1.29, 1.82) is 0 Å². The second-order valence-electron chi connectivity index (χ2n) is 5.70. The smallest absolute Gasteiger partial charge is 0.307 e. The third-order valence-corrected chi connectivity index (χ3v) is 3.77. The van der Waals surface area contributed by atoms with Gasteiger partial charge in [-0.1, -0.05) is 0 Å². The molecule has 0 heterocycles. The molecule has 0 amide bonds. The highest BCUT2D eigenvalue weighted by Gasteiger charge is 2.47. The number of ketones is 1. The fourth-order valence-corrected chi connectivity index (χ4v) is 2.93. The van der Waals surface area contributed by atoms with Crippen LogP contribution in [0.25, 0.3) is 0 Å². The fourth-order valence-electron chi connectivity index (χ4n) is 1.85. The summed E-state index contributed by atoms with van der Waals surface area (Å²) in [5.74, 6) is -2.43. The first-order valence-corrected chi connectivity index (χ1v) is 7.58. The van der Waals surface area contributed by atoms with Crippen molar-refractivity contribution in [2.75, 3.05) is 40.0 Å². The number of quaternary nitrogens is 1. The highest BCUT2D eigenvalue weighted by molar-refractivity contribution is 7.86. The van der Waals surface area contributed by atoms with Gasteiger partial charge in [-0.25, -0.2) is 4.18 Å². The van der Waals surface area contributed by atoms with Gasteiger partial charge in [-0.15, -0.1) is 0 Å². The van der Waals surface area contributed by atoms with Crippen molar-refractivity contribution >= 4 is 21.9 Å². The Labute approximate surface area is 119 Å². The quantitative estimate of drug-likeness (QED) is 0.405. The van der Waals surface area contributed by atoms with Crippen molar-refractivity contribution in [2.24, 2.45) is 5.73 Å². The van der Waals surface area contributed by atoms with Crippen LogP contribution >= 0.6 is 0 Å². The molecule has 0 aliphatic carbocycles. The number of nitrogens with two attached hydrogens (primary N) is 1. The summed E-state index contributed by atoms with van der Waals surface area (Å²) in [6.45, 7) is 0.864. The summed E-state index contributed by atoms with van der Waals surface area (Å²) in [5, 5.41) is 8.96. The van der Waals surface area contributed by atoms with Gasteiger partial charge in [0.15, 0.2) is 5.78 Å². The number of likely N-dealkylation sites (N-methyl/N-ethyl adjacent to an activating group) is 1. The maximum Gasteiger partial charge on any atom is 0.307 e. The average Bonchev–Trinajstić information content (AvgIpc) is 2.11. The molecule has 0 bridgehead atoms. The molecule has 8 nitrogen and oxygen atoms in total. The number of carbonyl (C=O) groups is 2. The molecule has 0 rings (SSSR count). The van der Waals surface area contributed by atoms with E-state index in [4.69, 9.17) is 15.0 Å². The van der Waals surface area contributed by atoms with Crippen molar-refractivity contribution in [1.82, 2.24) is 0 Å². The number of aliphatic carboxylic acids is 1. The number of Topliss-reactive ketones (excluding diaryl/α,β-unsaturated/α-hetero) is 1. The minimum absolute atomic E-state index is 0.0849. The van der Waals surface area contributed by atoms with Crippen LogP contribution in [-0.4, -0.2) is 75.3 Å². The topological polar surface area (TPSA) is 124 Å². The molecule has 1 atom stereocenters. The third kappa shape index (κ3) is 6.42. The Morgan fingerprint density at radius 2 is 1.80 bits per heavy atom. The van der Waals surface area contributed by atoms with Gasteiger partial charge in [0.25, 0.3) is 10.1 Å². The standard InChI is InChI=1S/C11H22N2O6S/c1-9(14)11(7-10(15)16,8-13(2,3)4)19-20(17,18)6-5-12/h5-8,12H2,1-4H3/p+1/t11-/m1/s1. The number of rotatable bonds is 9. The summed E-state index contributed by atoms with van der Waals surface area (Å²) < 4.78 is 28.7. The molecule has 118 valence electrons. The first kappa shape index (κ1) is 19.0. The Kier molecular flexibility index (Phi) is 6.27. The van der Waals surface area contributed by atoms with Gasteiger partial charge < -0.3 is 15.3 Å². The Hall–Kier alpha value is -1.03. The molecular weight excluding hydrogens is 288 g/mol. The van der Waals surface area contributed by atoms with Gasteiger partial charge >= 0.3 is 5.97 Å². The van der Waals surface area contributed by atoms with Gasteiger partial charge in [-0.3, -0.25) is 9.59 Å². The van der Waals surface area contributed by atoms with Crippen LogP contribution in [-0.2, 0) is 23.9 Å². The number of carboxylic acids is 1. The normalized spacial score (nSPS) is 15.7. The number of hydrogen-bond acceptors (Lipinski definition) is 6. The van der Waals surface area contributed by atoms with E-state index >= 15 is 0 Å². The van der Waals surface area contributed by atoms with Gasteiger partial charge in [0.1, 0.15) is 6.54 Å².